The van der Waals surface area contributed by atoms with Gasteiger partial charge < -0.3 is 5.32 Å². The first-order valence-electron chi connectivity index (χ1n) is 9.78. The van der Waals surface area contributed by atoms with Crippen LogP contribution in [0.3, 0.4) is 0 Å². The van der Waals surface area contributed by atoms with Crippen LogP contribution in [0.4, 0.5) is 9.18 Å². The van der Waals surface area contributed by atoms with E-state index in [1.54, 1.807) is 12.1 Å². The molecular formula is C21H21FN6O2. The molecule has 1 N–H and O–H groups in total. The maximum Gasteiger partial charge on any atom is 0.325 e. The highest BCUT2D eigenvalue weighted by Crippen LogP contribution is 2.35. The highest BCUT2D eigenvalue weighted by Gasteiger charge is 2.52. The summed E-state index contributed by atoms with van der Waals surface area (Å²) < 4.78 is 14.9. The van der Waals surface area contributed by atoms with Crippen LogP contribution in [0.15, 0.2) is 54.6 Å². The van der Waals surface area contributed by atoms with Gasteiger partial charge in [-0.15, -0.1) is 5.10 Å². The number of carbonyl (C=O) groups excluding carboxylic acids is 2. The van der Waals surface area contributed by atoms with Gasteiger partial charge in [-0.2, -0.15) is 4.68 Å². The third kappa shape index (κ3) is 3.42. The van der Waals surface area contributed by atoms with Crippen molar-refractivity contribution in [3.8, 4) is 5.69 Å². The first-order chi connectivity index (χ1) is 14.5. The van der Waals surface area contributed by atoms with Crippen LogP contribution in [0, 0.1) is 5.82 Å². The Labute approximate surface area is 172 Å². The van der Waals surface area contributed by atoms with Gasteiger partial charge in [0, 0.05) is 0 Å². The van der Waals surface area contributed by atoms with Crippen LogP contribution in [0.1, 0.15) is 37.6 Å². The molecule has 0 unspecified atom stereocenters. The Morgan fingerprint density at radius 1 is 1.07 bits per heavy atom. The van der Waals surface area contributed by atoms with Crippen molar-refractivity contribution in [2.45, 2.75) is 38.3 Å². The van der Waals surface area contributed by atoms with Crippen molar-refractivity contribution in [3.05, 3.63) is 71.8 Å². The van der Waals surface area contributed by atoms with Gasteiger partial charge in [0.2, 0.25) is 0 Å². The molecule has 0 spiro atoms. The van der Waals surface area contributed by atoms with Crippen molar-refractivity contribution in [2.24, 2.45) is 0 Å². The van der Waals surface area contributed by atoms with Crippen molar-refractivity contribution in [1.29, 1.82) is 0 Å². The van der Waals surface area contributed by atoms with Gasteiger partial charge in [-0.25, -0.2) is 9.18 Å². The molecule has 3 aromatic rings. The second-order valence-electron chi connectivity index (χ2n) is 7.18. The van der Waals surface area contributed by atoms with E-state index in [0.717, 1.165) is 23.4 Å². The number of urea groups is 1. The number of hydrogen-bond donors (Lipinski definition) is 1. The molecule has 0 bridgehead atoms. The number of tetrazole rings is 1. The molecule has 2 aromatic carbocycles. The number of amides is 3. The first-order valence-corrected chi connectivity index (χ1v) is 9.78. The number of aromatic nitrogens is 4. The largest absolute Gasteiger partial charge is 0.325 e. The summed E-state index contributed by atoms with van der Waals surface area (Å²) in [6.45, 7) is 1.92. The zero-order valence-electron chi connectivity index (χ0n) is 16.5. The fraction of sp³-hybridized carbons (Fsp3) is 0.286. The van der Waals surface area contributed by atoms with E-state index in [4.69, 9.17) is 0 Å². The Bertz CT molecular complexity index is 1050. The van der Waals surface area contributed by atoms with Crippen LogP contribution >= 0.6 is 0 Å². The SMILES string of the molecule is CCCC[C@@]1(c2ccc(F)cc2)NC(=O)N(Cc2nnnn2-c2ccccc2)C1=O. The maximum absolute atomic E-state index is 13.5. The Morgan fingerprint density at radius 3 is 2.50 bits per heavy atom. The molecule has 1 fully saturated rings. The normalized spacial score (nSPS) is 18.7. The molecule has 4 rings (SSSR count). The number of carbonyl (C=O) groups is 2. The van der Waals surface area contributed by atoms with Gasteiger partial charge in [0.1, 0.15) is 11.4 Å². The standard InChI is InChI=1S/C21H21FN6O2/c1-2-3-13-21(15-9-11-16(22)12-10-15)19(29)27(20(30)23-21)14-18-24-25-26-28(18)17-7-5-4-6-8-17/h4-12H,2-3,13-14H2,1H3,(H,23,30)/t21-/m0/s1. The molecule has 8 nitrogen and oxygen atoms in total. The lowest BCUT2D eigenvalue weighted by molar-refractivity contribution is -0.132. The first kappa shape index (κ1) is 19.7. The number of para-hydroxylation sites is 1. The molecule has 3 amide bonds. The Balaban J connectivity index is 1.66. The second kappa shape index (κ2) is 8.02. The summed E-state index contributed by atoms with van der Waals surface area (Å²) in [7, 11) is 0. The lowest BCUT2D eigenvalue weighted by Gasteiger charge is -2.27. The topological polar surface area (TPSA) is 93.0 Å². The van der Waals surface area contributed by atoms with Crippen LogP contribution in [-0.4, -0.2) is 37.0 Å². The van der Waals surface area contributed by atoms with E-state index in [0.29, 0.717) is 17.8 Å². The van der Waals surface area contributed by atoms with E-state index in [1.807, 2.05) is 37.3 Å². The molecule has 0 saturated carbocycles. The Morgan fingerprint density at radius 2 is 1.80 bits per heavy atom. The van der Waals surface area contributed by atoms with E-state index >= 15 is 0 Å². The minimum Gasteiger partial charge on any atom is -0.319 e. The summed E-state index contributed by atoms with van der Waals surface area (Å²) >= 11 is 0. The summed E-state index contributed by atoms with van der Waals surface area (Å²) in [6.07, 6.45) is 1.98. The number of benzene rings is 2. The molecule has 0 aliphatic carbocycles. The van der Waals surface area contributed by atoms with Crippen molar-refractivity contribution < 1.29 is 14.0 Å². The zero-order valence-corrected chi connectivity index (χ0v) is 16.5. The number of rotatable bonds is 7. The molecule has 30 heavy (non-hydrogen) atoms. The van der Waals surface area contributed by atoms with Gasteiger partial charge in [-0.3, -0.25) is 9.69 Å². The zero-order chi connectivity index (χ0) is 21.1. The monoisotopic (exact) mass is 408 g/mol. The Hall–Kier alpha value is -3.62. The number of nitrogens with one attached hydrogen (secondary N) is 1. The van der Waals surface area contributed by atoms with Gasteiger partial charge in [-0.1, -0.05) is 50.1 Å². The molecule has 1 aromatic heterocycles. The predicted molar refractivity (Wildman–Crippen MR) is 106 cm³/mol. The molecule has 1 aliphatic rings. The molecular weight excluding hydrogens is 387 g/mol. The van der Waals surface area contributed by atoms with Gasteiger partial charge >= 0.3 is 6.03 Å². The minimum absolute atomic E-state index is 0.0817. The van der Waals surface area contributed by atoms with Crippen molar-refractivity contribution in [1.82, 2.24) is 30.4 Å². The van der Waals surface area contributed by atoms with Crippen molar-refractivity contribution in [3.63, 3.8) is 0 Å². The fourth-order valence-corrected chi connectivity index (χ4v) is 3.67. The minimum atomic E-state index is -1.23. The van der Waals surface area contributed by atoms with Crippen LogP contribution in [0.2, 0.25) is 0 Å². The van der Waals surface area contributed by atoms with Crippen LogP contribution in [0.5, 0.6) is 0 Å². The predicted octanol–water partition coefficient (Wildman–Crippen LogP) is 2.94. The molecule has 1 aliphatic heterocycles. The summed E-state index contributed by atoms with van der Waals surface area (Å²) in [5.41, 5.74) is 0.0485. The van der Waals surface area contributed by atoms with E-state index < -0.39 is 23.3 Å². The molecule has 0 radical (unpaired) electrons. The average molecular weight is 408 g/mol. The molecule has 9 heteroatoms. The molecule has 2 heterocycles. The van der Waals surface area contributed by atoms with E-state index in [-0.39, 0.29) is 6.54 Å². The number of halogens is 1. The average Bonchev–Trinajstić information content (AvgIpc) is 3.32. The van der Waals surface area contributed by atoms with Crippen LogP contribution in [-0.2, 0) is 16.9 Å². The van der Waals surface area contributed by atoms with E-state index in [9.17, 15) is 14.0 Å². The summed E-state index contributed by atoms with van der Waals surface area (Å²) in [4.78, 5) is 27.4. The number of imide groups is 1. The van der Waals surface area contributed by atoms with Gasteiger partial charge in [-0.05, 0) is 46.7 Å². The van der Waals surface area contributed by atoms with E-state index in [2.05, 4.69) is 20.8 Å². The quantitative estimate of drug-likeness (QED) is 0.607. The fourth-order valence-electron chi connectivity index (χ4n) is 3.67. The van der Waals surface area contributed by atoms with Gasteiger partial charge in [0.05, 0.1) is 12.2 Å². The van der Waals surface area contributed by atoms with Crippen molar-refractivity contribution in [2.75, 3.05) is 0 Å². The van der Waals surface area contributed by atoms with E-state index in [1.165, 1.54) is 16.8 Å². The number of hydrogen-bond acceptors (Lipinski definition) is 5. The molecule has 154 valence electrons. The maximum atomic E-state index is 13.5. The smallest absolute Gasteiger partial charge is 0.319 e. The highest BCUT2D eigenvalue weighted by molar-refractivity contribution is 6.07. The third-order valence-electron chi connectivity index (χ3n) is 5.25. The second-order valence-corrected chi connectivity index (χ2v) is 7.18. The van der Waals surface area contributed by atoms with Crippen molar-refractivity contribution >= 4 is 11.9 Å². The summed E-state index contributed by atoms with van der Waals surface area (Å²) in [6, 6.07) is 14.4. The van der Waals surface area contributed by atoms with Gasteiger partial charge in [0.25, 0.3) is 5.91 Å². The molecule has 1 saturated heterocycles. The number of nitrogens with zero attached hydrogens (tertiary/aromatic N) is 5. The molecule has 1 atom stereocenters. The third-order valence-corrected chi connectivity index (χ3v) is 5.25. The summed E-state index contributed by atoms with van der Waals surface area (Å²) in [5.74, 6) is -0.440. The lowest BCUT2D eigenvalue weighted by Crippen LogP contribution is -2.44. The summed E-state index contributed by atoms with van der Waals surface area (Å²) in [5, 5.41) is 14.5. The highest BCUT2D eigenvalue weighted by atomic mass is 19.1. The van der Waals surface area contributed by atoms with Crippen LogP contribution in [0.25, 0.3) is 5.69 Å². The Kier molecular flexibility index (Phi) is 5.26. The van der Waals surface area contributed by atoms with Gasteiger partial charge in [0.15, 0.2) is 5.82 Å². The van der Waals surface area contributed by atoms with Crippen LogP contribution < -0.4 is 5.32 Å². The number of unbranched alkanes of at least 4 members (excludes halogenated alkanes) is 1. The lowest BCUT2D eigenvalue weighted by atomic mass is 9.85.